The first-order valence-electron chi connectivity index (χ1n) is 8.59. The first kappa shape index (κ1) is 22.1. The molecule has 3 unspecified atom stereocenters. The second-order valence-corrected chi connectivity index (χ2v) is 11.6. The summed E-state index contributed by atoms with van der Waals surface area (Å²) in [6, 6.07) is 0.188. The van der Waals surface area contributed by atoms with Crippen molar-refractivity contribution in [1.29, 1.82) is 0 Å². The third-order valence-electron chi connectivity index (χ3n) is 4.60. The first-order valence-corrected chi connectivity index (χ1v) is 9.67. The van der Waals surface area contributed by atoms with E-state index in [-0.39, 0.29) is 23.3 Å². The Kier molecular flexibility index (Phi) is 6.79. The van der Waals surface area contributed by atoms with Gasteiger partial charge >= 0.3 is 5.97 Å². The lowest BCUT2D eigenvalue weighted by atomic mass is 9.73. The molecule has 142 valence electrons. The predicted molar refractivity (Wildman–Crippen MR) is 104 cm³/mol. The van der Waals surface area contributed by atoms with E-state index in [1.807, 2.05) is 20.8 Å². The minimum Gasteiger partial charge on any atom is -0.464 e. The Labute approximate surface area is 160 Å². The highest BCUT2D eigenvalue weighted by Crippen LogP contribution is 2.37. The van der Waals surface area contributed by atoms with E-state index in [1.54, 1.807) is 27.7 Å². The molecule has 1 aliphatic heterocycles. The van der Waals surface area contributed by atoms with Crippen LogP contribution in [0.2, 0.25) is 0 Å². The lowest BCUT2D eigenvalue weighted by molar-refractivity contribution is -0.149. The zero-order valence-corrected chi connectivity index (χ0v) is 18.2. The standard InChI is InChI=1S/C18H34INO4/c1-15(2,8-12(17(5,6)23)9-16(3,4)22)11-24-14(21)18(7,19)13-10-20-13/h12-13,20,22-23H,8-11H2,1-7H3. The summed E-state index contributed by atoms with van der Waals surface area (Å²) in [5, 5.41) is 23.8. The molecule has 5 nitrogen and oxygen atoms in total. The van der Waals surface area contributed by atoms with Crippen LogP contribution in [0.4, 0.5) is 0 Å². The van der Waals surface area contributed by atoms with Crippen LogP contribution in [-0.4, -0.2) is 50.0 Å². The Morgan fingerprint density at radius 1 is 1.17 bits per heavy atom. The van der Waals surface area contributed by atoms with Gasteiger partial charge in [-0.05, 0) is 58.8 Å². The normalized spacial score (nSPS) is 22.7. The van der Waals surface area contributed by atoms with Crippen molar-refractivity contribution in [3.05, 3.63) is 0 Å². The van der Waals surface area contributed by atoms with Crippen molar-refractivity contribution in [2.75, 3.05) is 13.2 Å². The average Bonchev–Trinajstić information content (AvgIpc) is 3.16. The minimum absolute atomic E-state index is 0.0951. The Balaban J connectivity index is 2.66. The van der Waals surface area contributed by atoms with Gasteiger partial charge in [-0.2, -0.15) is 0 Å². The molecular formula is C18H34INO4. The summed E-state index contributed by atoms with van der Waals surface area (Å²) in [6.45, 7) is 14.2. The highest BCUT2D eigenvalue weighted by molar-refractivity contribution is 14.1. The number of carbonyl (C=O) groups is 1. The largest absolute Gasteiger partial charge is 0.464 e. The molecule has 0 bridgehead atoms. The topological polar surface area (TPSA) is 88.7 Å². The molecule has 0 aromatic rings. The Hall–Kier alpha value is 0.0800. The molecule has 0 aromatic heterocycles. The van der Waals surface area contributed by atoms with Crippen molar-refractivity contribution in [2.24, 2.45) is 11.3 Å². The predicted octanol–water partition coefficient (Wildman–Crippen LogP) is 2.66. The molecule has 0 saturated carbocycles. The third kappa shape index (κ3) is 7.14. The molecule has 0 radical (unpaired) electrons. The smallest absolute Gasteiger partial charge is 0.323 e. The van der Waals surface area contributed by atoms with Crippen LogP contribution < -0.4 is 5.32 Å². The molecule has 3 atom stereocenters. The summed E-state index contributed by atoms with van der Waals surface area (Å²) in [6.07, 6.45) is 1.15. The maximum Gasteiger partial charge on any atom is 0.323 e. The van der Waals surface area contributed by atoms with E-state index in [9.17, 15) is 15.0 Å². The van der Waals surface area contributed by atoms with E-state index in [0.29, 0.717) is 19.4 Å². The lowest BCUT2D eigenvalue weighted by Gasteiger charge is -2.39. The van der Waals surface area contributed by atoms with Crippen molar-refractivity contribution < 1.29 is 19.7 Å². The number of halogens is 1. The van der Waals surface area contributed by atoms with Gasteiger partial charge in [-0.15, -0.1) is 0 Å². The molecule has 1 rings (SSSR count). The summed E-state index contributed by atoms with van der Waals surface area (Å²) < 4.78 is 5.04. The van der Waals surface area contributed by atoms with Gasteiger partial charge in [0.1, 0.15) is 3.42 Å². The molecule has 1 aliphatic rings. The van der Waals surface area contributed by atoms with Crippen LogP contribution in [0.15, 0.2) is 0 Å². The molecule has 6 heteroatoms. The summed E-state index contributed by atoms with van der Waals surface area (Å²) in [7, 11) is 0. The summed E-state index contributed by atoms with van der Waals surface area (Å²) in [5.74, 6) is -0.296. The Morgan fingerprint density at radius 2 is 1.67 bits per heavy atom. The maximum absolute atomic E-state index is 12.3. The number of nitrogens with one attached hydrogen (secondary N) is 1. The van der Waals surface area contributed by atoms with Crippen molar-refractivity contribution in [3.8, 4) is 0 Å². The SMILES string of the molecule is CC(C)(O)CC(CC(C)(C)COC(=O)C(C)(I)C1CN1)C(C)(C)O. The number of alkyl halides is 1. The zero-order valence-electron chi connectivity index (χ0n) is 16.1. The highest BCUT2D eigenvalue weighted by Gasteiger charge is 2.47. The number of rotatable bonds is 9. The van der Waals surface area contributed by atoms with Crippen LogP contribution in [-0.2, 0) is 9.53 Å². The highest BCUT2D eigenvalue weighted by atomic mass is 127. The van der Waals surface area contributed by atoms with Crippen molar-refractivity contribution >= 4 is 28.6 Å². The van der Waals surface area contributed by atoms with Crippen molar-refractivity contribution in [1.82, 2.24) is 5.32 Å². The maximum atomic E-state index is 12.3. The quantitative estimate of drug-likeness (QED) is 0.215. The molecule has 1 fully saturated rings. The minimum atomic E-state index is -0.906. The summed E-state index contributed by atoms with van der Waals surface area (Å²) in [4.78, 5) is 12.3. The van der Waals surface area contributed by atoms with Gasteiger partial charge in [0.15, 0.2) is 0 Å². The number of hydrogen-bond acceptors (Lipinski definition) is 5. The number of carbonyl (C=O) groups excluding carboxylic acids is 1. The van der Waals surface area contributed by atoms with Crippen LogP contribution in [0.1, 0.15) is 61.3 Å². The van der Waals surface area contributed by atoms with Gasteiger partial charge in [-0.1, -0.05) is 36.4 Å². The van der Waals surface area contributed by atoms with E-state index >= 15 is 0 Å². The number of aliphatic hydroxyl groups is 2. The molecule has 0 aliphatic carbocycles. The first-order chi connectivity index (χ1) is 10.5. The second-order valence-electron chi connectivity index (χ2n) is 9.35. The van der Waals surface area contributed by atoms with Gasteiger partial charge < -0.3 is 20.3 Å². The molecular weight excluding hydrogens is 421 g/mol. The molecule has 0 aromatic carbocycles. The van der Waals surface area contributed by atoms with Crippen LogP contribution in [0.25, 0.3) is 0 Å². The van der Waals surface area contributed by atoms with Crippen LogP contribution >= 0.6 is 22.6 Å². The Morgan fingerprint density at radius 3 is 2.04 bits per heavy atom. The number of ether oxygens (including phenoxy) is 1. The van der Waals surface area contributed by atoms with Gasteiger partial charge in [0.25, 0.3) is 0 Å². The van der Waals surface area contributed by atoms with Gasteiger partial charge in [0.2, 0.25) is 0 Å². The van der Waals surface area contributed by atoms with Crippen molar-refractivity contribution in [3.63, 3.8) is 0 Å². The van der Waals surface area contributed by atoms with Gasteiger partial charge in [-0.25, -0.2) is 0 Å². The van der Waals surface area contributed by atoms with Crippen LogP contribution in [0.5, 0.6) is 0 Å². The number of hydrogen-bond donors (Lipinski definition) is 3. The van der Waals surface area contributed by atoms with Crippen molar-refractivity contribution in [2.45, 2.75) is 82.0 Å². The number of esters is 1. The van der Waals surface area contributed by atoms with E-state index < -0.39 is 14.6 Å². The van der Waals surface area contributed by atoms with Gasteiger partial charge in [0.05, 0.1) is 17.8 Å². The molecule has 1 saturated heterocycles. The van der Waals surface area contributed by atoms with Gasteiger partial charge in [-0.3, -0.25) is 4.79 Å². The van der Waals surface area contributed by atoms with Gasteiger partial charge in [0, 0.05) is 12.6 Å². The van der Waals surface area contributed by atoms with E-state index in [4.69, 9.17) is 4.74 Å². The molecule has 0 amide bonds. The molecule has 3 N–H and O–H groups in total. The molecule has 24 heavy (non-hydrogen) atoms. The monoisotopic (exact) mass is 455 g/mol. The lowest BCUT2D eigenvalue weighted by Crippen LogP contribution is -2.42. The Bertz CT molecular complexity index is 445. The fraction of sp³-hybridized carbons (Fsp3) is 0.944. The van der Waals surface area contributed by atoms with Crippen LogP contribution in [0, 0.1) is 11.3 Å². The molecule has 1 heterocycles. The average molecular weight is 455 g/mol. The van der Waals surface area contributed by atoms with E-state index in [0.717, 1.165) is 6.54 Å². The fourth-order valence-electron chi connectivity index (χ4n) is 2.89. The van der Waals surface area contributed by atoms with E-state index in [1.165, 1.54) is 0 Å². The fourth-order valence-corrected chi connectivity index (χ4v) is 3.48. The third-order valence-corrected chi connectivity index (χ3v) is 5.79. The summed E-state index contributed by atoms with van der Waals surface area (Å²) >= 11 is 2.15. The molecule has 0 spiro atoms. The zero-order chi connectivity index (χ0) is 19.0. The van der Waals surface area contributed by atoms with E-state index in [2.05, 4.69) is 27.9 Å². The second kappa shape index (κ2) is 7.37. The van der Waals surface area contributed by atoms with Crippen LogP contribution in [0.3, 0.4) is 0 Å². The summed E-state index contributed by atoms with van der Waals surface area (Å²) in [5.41, 5.74) is -2.04.